The maximum absolute atomic E-state index is 13.2. The van der Waals surface area contributed by atoms with Crippen LogP contribution in [0.3, 0.4) is 0 Å². The number of hydrogen-bond acceptors (Lipinski definition) is 3. The van der Waals surface area contributed by atoms with E-state index in [2.05, 4.69) is 15.6 Å². The monoisotopic (exact) mass is 291 g/mol. The molecule has 0 unspecified atom stereocenters. The van der Waals surface area contributed by atoms with Gasteiger partial charge in [0.2, 0.25) is 0 Å². The minimum atomic E-state index is -0.630. The quantitative estimate of drug-likeness (QED) is 0.582. The van der Waals surface area contributed by atoms with E-state index >= 15 is 0 Å². The predicted octanol–water partition coefficient (Wildman–Crippen LogP) is 2.03. The second-order valence-electron chi connectivity index (χ2n) is 4.47. The maximum Gasteiger partial charge on any atom is 0.191 e. The Morgan fingerprint density at radius 3 is 2.86 bits per heavy atom. The Bertz CT molecular complexity index is 597. The number of nitrogens with zero attached hydrogens (tertiary/aromatic N) is 1. The summed E-state index contributed by atoms with van der Waals surface area (Å²) in [5.41, 5.74) is 0.722. The lowest BCUT2D eigenvalue weighted by Crippen LogP contribution is -2.37. The molecule has 0 aliphatic heterocycles. The molecular formula is C15H18FN3O2. The van der Waals surface area contributed by atoms with E-state index in [0.29, 0.717) is 19.0 Å². The van der Waals surface area contributed by atoms with Crippen molar-refractivity contribution < 1.29 is 13.9 Å². The van der Waals surface area contributed by atoms with E-state index in [1.807, 2.05) is 12.1 Å². The first-order valence-corrected chi connectivity index (χ1v) is 6.63. The second kappa shape index (κ2) is 7.33. The van der Waals surface area contributed by atoms with Crippen LogP contribution in [-0.4, -0.2) is 24.7 Å². The zero-order valence-corrected chi connectivity index (χ0v) is 11.8. The Morgan fingerprint density at radius 2 is 2.19 bits per heavy atom. The van der Waals surface area contributed by atoms with Gasteiger partial charge in [-0.1, -0.05) is 6.07 Å². The van der Waals surface area contributed by atoms with Crippen LogP contribution in [0.5, 0.6) is 5.75 Å². The van der Waals surface area contributed by atoms with Crippen LogP contribution in [0.4, 0.5) is 4.39 Å². The molecule has 2 rings (SSSR count). The summed E-state index contributed by atoms with van der Waals surface area (Å²) in [6.45, 7) is 1.09. The van der Waals surface area contributed by atoms with Crippen LogP contribution < -0.4 is 10.6 Å². The van der Waals surface area contributed by atoms with Crippen LogP contribution in [0.1, 0.15) is 11.3 Å². The third-order valence-electron chi connectivity index (χ3n) is 2.94. The number of benzene rings is 1. The van der Waals surface area contributed by atoms with E-state index in [4.69, 9.17) is 9.52 Å². The molecule has 5 nitrogen and oxygen atoms in total. The van der Waals surface area contributed by atoms with Crippen molar-refractivity contribution in [1.82, 2.24) is 10.6 Å². The summed E-state index contributed by atoms with van der Waals surface area (Å²) in [7, 11) is 1.67. The standard InChI is InChI=1S/C15H18FN3O2/c1-17-15(18-7-6-12-3-2-8-21-12)19-10-11-4-5-14(20)13(16)9-11/h2-5,8-9,20H,6-7,10H2,1H3,(H2,17,18,19). The van der Waals surface area contributed by atoms with Gasteiger partial charge in [-0.05, 0) is 29.8 Å². The van der Waals surface area contributed by atoms with Gasteiger partial charge in [-0.2, -0.15) is 0 Å². The molecule has 2 aromatic rings. The van der Waals surface area contributed by atoms with E-state index in [1.54, 1.807) is 19.4 Å². The summed E-state index contributed by atoms with van der Waals surface area (Å²) in [6, 6.07) is 8.04. The number of furan rings is 1. The van der Waals surface area contributed by atoms with Gasteiger partial charge < -0.3 is 20.2 Å². The summed E-state index contributed by atoms with van der Waals surface area (Å²) >= 11 is 0. The fraction of sp³-hybridized carbons (Fsp3) is 0.267. The number of nitrogens with one attached hydrogen (secondary N) is 2. The molecule has 1 aromatic carbocycles. The van der Waals surface area contributed by atoms with Crippen LogP contribution in [0.25, 0.3) is 0 Å². The fourth-order valence-electron chi connectivity index (χ4n) is 1.83. The van der Waals surface area contributed by atoms with Crippen LogP contribution in [0.15, 0.2) is 46.0 Å². The molecule has 0 aliphatic carbocycles. The maximum atomic E-state index is 13.2. The highest BCUT2D eigenvalue weighted by molar-refractivity contribution is 5.79. The first kappa shape index (κ1) is 14.9. The molecule has 3 N–H and O–H groups in total. The van der Waals surface area contributed by atoms with Gasteiger partial charge in [0.05, 0.1) is 6.26 Å². The van der Waals surface area contributed by atoms with Crippen LogP contribution in [0, 0.1) is 5.82 Å². The molecule has 21 heavy (non-hydrogen) atoms. The molecule has 112 valence electrons. The topological polar surface area (TPSA) is 69.8 Å². The molecule has 0 spiro atoms. The SMILES string of the molecule is CN=C(NCCc1ccco1)NCc1ccc(O)c(F)c1. The largest absolute Gasteiger partial charge is 0.505 e. The summed E-state index contributed by atoms with van der Waals surface area (Å²) in [5.74, 6) is 0.545. The van der Waals surface area contributed by atoms with Crippen LogP contribution in [0.2, 0.25) is 0 Å². The molecule has 1 aromatic heterocycles. The molecular weight excluding hydrogens is 273 g/mol. The van der Waals surface area contributed by atoms with Gasteiger partial charge in [-0.3, -0.25) is 4.99 Å². The summed E-state index contributed by atoms with van der Waals surface area (Å²) in [5, 5.41) is 15.3. The summed E-state index contributed by atoms with van der Waals surface area (Å²) in [6.07, 6.45) is 2.39. The predicted molar refractivity (Wildman–Crippen MR) is 78.7 cm³/mol. The fourth-order valence-corrected chi connectivity index (χ4v) is 1.83. The minimum absolute atomic E-state index is 0.347. The van der Waals surface area contributed by atoms with Crippen LogP contribution >= 0.6 is 0 Å². The molecule has 0 amide bonds. The number of aliphatic imine (C=N–C) groups is 1. The number of phenolic OH excluding ortho intramolecular Hbond substituents is 1. The highest BCUT2D eigenvalue weighted by Crippen LogP contribution is 2.15. The van der Waals surface area contributed by atoms with Crippen LogP contribution in [-0.2, 0) is 13.0 Å². The highest BCUT2D eigenvalue weighted by Gasteiger charge is 2.03. The zero-order chi connectivity index (χ0) is 15.1. The molecule has 0 bridgehead atoms. The third kappa shape index (κ3) is 4.52. The summed E-state index contributed by atoms with van der Waals surface area (Å²) in [4.78, 5) is 4.08. The molecule has 0 saturated carbocycles. The van der Waals surface area contributed by atoms with E-state index in [1.165, 1.54) is 12.1 Å². The van der Waals surface area contributed by atoms with Gasteiger partial charge in [0, 0.05) is 26.6 Å². The number of phenols is 1. The first-order valence-electron chi connectivity index (χ1n) is 6.63. The Labute approximate surface area is 122 Å². The van der Waals surface area contributed by atoms with Crippen molar-refractivity contribution in [1.29, 1.82) is 0 Å². The Kier molecular flexibility index (Phi) is 5.20. The highest BCUT2D eigenvalue weighted by atomic mass is 19.1. The average molecular weight is 291 g/mol. The second-order valence-corrected chi connectivity index (χ2v) is 4.47. The lowest BCUT2D eigenvalue weighted by atomic mass is 10.2. The molecule has 0 aliphatic rings. The number of guanidine groups is 1. The average Bonchev–Trinajstić information content (AvgIpc) is 2.99. The van der Waals surface area contributed by atoms with Crippen molar-refractivity contribution in [3.05, 3.63) is 53.7 Å². The smallest absolute Gasteiger partial charge is 0.191 e. The third-order valence-corrected chi connectivity index (χ3v) is 2.94. The first-order chi connectivity index (χ1) is 10.2. The molecule has 0 atom stereocenters. The molecule has 1 heterocycles. The number of rotatable bonds is 5. The number of aromatic hydroxyl groups is 1. The van der Waals surface area contributed by atoms with Crippen molar-refractivity contribution in [2.45, 2.75) is 13.0 Å². The summed E-state index contributed by atoms with van der Waals surface area (Å²) < 4.78 is 18.4. The zero-order valence-electron chi connectivity index (χ0n) is 11.8. The molecule has 0 fully saturated rings. The van der Waals surface area contributed by atoms with Crippen molar-refractivity contribution in [3.8, 4) is 5.75 Å². The van der Waals surface area contributed by atoms with Gasteiger partial charge >= 0.3 is 0 Å². The van der Waals surface area contributed by atoms with Gasteiger partial charge in [-0.25, -0.2) is 4.39 Å². The van der Waals surface area contributed by atoms with Gasteiger partial charge in [0.15, 0.2) is 17.5 Å². The van der Waals surface area contributed by atoms with Crippen molar-refractivity contribution >= 4 is 5.96 Å². The van der Waals surface area contributed by atoms with Gasteiger partial charge in [0.25, 0.3) is 0 Å². The van der Waals surface area contributed by atoms with E-state index in [9.17, 15) is 4.39 Å². The van der Waals surface area contributed by atoms with E-state index in [0.717, 1.165) is 17.7 Å². The Balaban J connectivity index is 1.78. The van der Waals surface area contributed by atoms with Crippen molar-refractivity contribution in [3.63, 3.8) is 0 Å². The normalized spacial score (nSPS) is 11.4. The molecule has 0 radical (unpaired) electrons. The lowest BCUT2D eigenvalue weighted by molar-refractivity contribution is 0.431. The van der Waals surface area contributed by atoms with Gasteiger partial charge in [0.1, 0.15) is 5.76 Å². The number of halogens is 1. The lowest BCUT2D eigenvalue weighted by Gasteiger charge is -2.11. The minimum Gasteiger partial charge on any atom is -0.505 e. The van der Waals surface area contributed by atoms with E-state index in [-0.39, 0.29) is 5.75 Å². The molecule has 6 heteroatoms. The Morgan fingerprint density at radius 1 is 1.33 bits per heavy atom. The molecule has 0 saturated heterocycles. The van der Waals surface area contributed by atoms with E-state index < -0.39 is 5.82 Å². The van der Waals surface area contributed by atoms with Crippen molar-refractivity contribution in [2.24, 2.45) is 4.99 Å². The van der Waals surface area contributed by atoms with Crippen molar-refractivity contribution in [2.75, 3.05) is 13.6 Å². The number of hydrogen-bond donors (Lipinski definition) is 3. The van der Waals surface area contributed by atoms with Gasteiger partial charge in [-0.15, -0.1) is 0 Å². The Hall–Kier alpha value is -2.50.